The highest BCUT2D eigenvalue weighted by Gasteiger charge is 2.10. The number of imidazole rings is 1. The molecule has 1 heterocycles. The number of carbonyl (C=O) groups excluding carboxylic acids is 1. The summed E-state index contributed by atoms with van der Waals surface area (Å²) >= 11 is 0. The molecule has 0 saturated carbocycles. The van der Waals surface area contributed by atoms with Gasteiger partial charge < -0.3 is 9.30 Å². The molecule has 0 spiro atoms. The summed E-state index contributed by atoms with van der Waals surface area (Å²) < 4.78 is 7.00. The standard InChI is InChI=1S/C13H21N3O2/c1-4-7-15(11-13(17)18-5-2)9-10-16-8-6-14-12(16)3/h4,6,8H,1,5,7,9-11H2,2-3H3. The highest BCUT2D eigenvalue weighted by molar-refractivity contribution is 5.71. The Morgan fingerprint density at radius 3 is 3.00 bits per heavy atom. The lowest BCUT2D eigenvalue weighted by molar-refractivity contribution is -0.144. The molecule has 18 heavy (non-hydrogen) atoms. The lowest BCUT2D eigenvalue weighted by Gasteiger charge is -2.20. The Hall–Kier alpha value is -1.62. The first-order valence-electron chi connectivity index (χ1n) is 6.14. The van der Waals surface area contributed by atoms with Crippen LogP contribution in [0.5, 0.6) is 0 Å². The average molecular weight is 251 g/mol. The van der Waals surface area contributed by atoms with Crippen molar-refractivity contribution in [1.82, 2.24) is 14.5 Å². The van der Waals surface area contributed by atoms with Gasteiger partial charge in [-0.15, -0.1) is 6.58 Å². The predicted octanol–water partition coefficient (Wildman–Crippen LogP) is 1.24. The molecule has 5 nitrogen and oxygen atoms in total. The van der Waals surface area contributed by atoms with Crippen LogP contribution in [0.2, 0.25) is 0 Å². The summed E-state index contributed by atoms with van der Waals surface area (Å²) in [5, 5.41) is 0. The van der Waals surface area contributed by atoms with E-state index < -0.39 is 0 Å². The summed E-state index contributed by atoms with van der Waals surface area (Å²) in [6.07, 6.45) is 5.50. The molecule has 100 valence electrons. The molecule has 0 N–H and O–H groups in total. The first-order chi connectivity index (χ1) is 8.67. The largest absolute Gasteiger partial charge is 0.465 e. The second-order valence-electron chi connectivity index (χ2n) is 4.00. The third-order valence-corrected chi connectivity index (χ3v) is 2.63. The van der Waals surface area contributed by atoms with Gasteiger partial charge in [-0.1, -0.05) is 6.08 Å². The molecule has 0 aliphatic carbocycles. The molecule has 0 aliphatic rings. The number of hydrogen-bond acceptors (Lipinski definition) is 4. The van der Waals surface area contributed by atoms with Gasteiger partial charge in [-0.05, 0) is 13.8 Å². The lowest BCUT2D eigenvalue weighted by Crippen LogP contribution is -2.34. The smallest absolute Gasteiger partial charge is 0.320 e. The molecule has 0 bridgehead atoms. The normalized spacial score (nSPS) is 10.6. The van der Waals surface area contributed by atoms with Crippen molar-refractivity contribution >= 4 is 5.97 Å². The van der Waals surface area contributed by atoms with Crippen LogP contribution in [0.15, 0.2) is 25.0 Å². The minimum Gasteiger partial charge on any atom is -0.465 e. The van der Waals surface area contributed by atoms with Gasteiger partial charge >= 0.3 is 5.97 Å². The maximum atomic E-state index is 11.4. The molecule has 1 rings (SSSR count). The van der Waals surface area contributed by atoms with Gasteiger partial charge in [-0.3, -0.25) is 9.69 Å². The van der Waals surface area contributed by atoms with Gasteiger partial charge in [-0.2, -0.15) is 0 Å². The van der Waals surface area contributed by atoms with Crippen LogP contribution in [-0.4, -0.2) is 46.7 Å². The van der Waals surface area contributed by atoms with Crippen LogP contribution in [-0.2, 0) is 16.1 Å². The second-order valence-corrected chi connectivity index (χ2v) is 4.00. The third kappa shape index (κ3) is 4.71. The molecule has 0 radical (unpaired) electrons. The summed E-state index contributed by atoms with van der Waals surface area (Å²) in [7, 11) is 0. The highest BCUT2D eigenvalue weighted by atomic mass is 16.5. The van der Waals surface area contributed by atoms with E-state index in [9.17, 15) is 4.79 Å². The van der Waals surface area contributed by atoms with E-state index in [4.69, 9.17) is 4.74 Å². The lowest BCUT2D eigenvalue weighted by atomic mass is 10.4. The van der Waals surface area contributed by atoms with Crippen molar-refractivity contribution in [1.29, 1.82) is 0 Å². The molecule has 5 heteroatoms. The van der Waals surface area contributed by atoms with Gasteiger partial charge in [0.1, 0.15) is 5.82 Å². The van der Waals surface area contributed by atoms with Crippen molar-refractivity contribution in [2.75, 3.05) is 26.2 Å². The van der Waals surface area contributed by atoms with E-state index in [-0.39, 0.29) is 5.97 Å². The van der Waals surface area contributed by atoms with Gasteiger partial charge in [0.05, 0.1) is 13.2 Å². The summed E-state index contributed by atoms with van der Waals surface area (Å²) in [5.74, 6) is 0.784. The fourth-order valence-corrected chi connectivity index (χ4v) is 1.70. The molecular formula is C13H21N3O2. The number of rotatable bonds is 8. The Balaban J connectivity index is 2.45. The number of hydrogen-bond donors (Lipinski definition) is 0. The average Bonchev–Trinajstić information content (AvgIpc) is 2.72. The Morgan fingerprint density at radius 1 is 1.67 bits per heavy atom. The van der Waals surface area contributed by atoms with E-state index in [1.807, 2.05) is 24.9 Å². The molecule has 0 amide bonds. The minimum atomic E-state index is -0.193. The van der Waals surface area contributed by atoms with Crippen molar-refractivity contribution in [3.05, 3.63) is 30.9 Å². The van der Waals surface area contributed by atoms with Crippen LogP contribution in [0.4, 0.5) is 0 Å². The topological polar surface area (TPSA) is 47.4 Å². The van der Waals surface area contributed by atoms with Crippen LogP contribution >= 0.6 is 0 Å². The second kappa shape index (κ2) is 7.66. The molecule has 1 aromatic rings. The monoisotopic (exact) mass is 251 g/mol. The van der Waals surface area contributed by atoms with Crippen LogP contribution in [0, 0.1) is 6.92 Å². The predicted molar refractivity (Wildman–Crippen MR) is 70.2 cm³/mol. The van der Waals surface area contributed by atoms with Crippen molar-refractivity contribution in [2.24, 2.45) is 0 Å². The van der Waals surface area contributed by atoms with Crippen molar-refractivity contribution in [3.63, 3.8) is 0 Å². The summed E-state index contributed by atoms with van der Waals surface area (Å²) in [4.78, 5) is 17.6. The Morgan fingerprint density at radius 2 is 2.44 bits per heavy atom. The highest BCUT2D eigenvalue weighted by Crippen LogP contribution is 1.98. The molecule has 0 aromatic carbocycles. The summed E-state index contributed by atoms with van der Waals surface area (Å²) in [6, 6.07) is 0. The first kappa shape index (κ1) is 14.4. The third-order valence-electron chi connectivity index (χ3n) is 2.63. The molecule has 0 saturated heterocycles. The Kier molecular flexibility index (Phi) is 6.14. The van der Waals surface area contributed by atoms with E-state index >= 15 is 0 Å². The number of nitrogens with zero attached hydrogens (tertiary/aromatic N) is 3. The maximum Gasteiger partial charge on any atom is 0.320 e. The van der Waals surface area contributed by atoms with Gasteiger partial charge in [0.25, 0.3) is 0 Å². The van der Waals surface area contributed by atoms with Crippen LogP contribution in [0.3, 0.4) is 0 Å². The number of ether oxygens (including phenoxy) is 1. The van der Waals surface area contributed by atoms with E-state index in [1.54, 1.807) is 12.3 Å². The molecule has 1 aromatic heterocycles. The van der Waals surface area contributed by atoms with Gasteiger partial charge in [0.15, 0.2) is 0 Å². The van der Waals surface area contributed by atoms with E-state index in [1.165, 1.54) is 0 Å². The maximum absolute atomic E-state index is 11.4. The van der Waals surface area contributed by atoms with Crippen LogP contribution in [0.1, 0.15) is 12.7 Å². The van der Waals surface area contributed by atoms with Crippen LogP contribution in [0.25, 0.3) is 0 Å². The van der Waals surface area contributed by atoms with E-state index in [0.717, 1.165) is 18.9 Å². The summed E-state index contributed by atoms with van der Waals surface area (Å²) in [6.45, 7) is 10.4. The number of aryl methyl sites for hydroxylation is 1. The SMILES string of the molecule is C=CCN(CCn1ccnc1C)CC(=O)OCC. The summed E-state index contributed by atoms with van der Waals surface area (Å²) in [5.41, 5.74) is 0. The van der Waals surface area contributed by atoms with Crippen molar-refractivity contribution < 1.29 is 9.53 Å². The Bertz CT molecular complexity index is 387. The van der Waals surface area contributed by atoms with E-state index in [0.29, 0.717) is 19.7 Å². The molecular weight excluding hydrogens is 230 g/mol. The van der Waals surface area contributed by atoms with Gasteiger partial charge in [0.2, 0.25) is 0 Å². The Labute approximate surface area is 108 Å². The molecule has 0 unspecified atom stereocenters. The zero-order valence-corrected chi connectivity index (χ0v) is 11.1. The van der Waals surface area contributed by atoms with Crippen LogP contribution < -0.4 is 0 Å². The van der Waals surface area contributed by atoms with Gasteiger partial charge in [-0.25, -0.2) is 4.98 Å². The molecule has 0 aliphatic heterocycles. The fraction of sp³-hybridized carbons (Fsp3) is 0.538. The van der Waals surface area contributed by atoms with Crippen molar-refractivity contribution in [2.45, 2.75) is 20.4 Å². The van der Waals surface area contributed by atoms with Gasteiger partial charge in [0, 0.05) is 32.0 Å². The minimum absolute atomic E-state index is 0.193. The van der Waals surface area contributed by atoms with E-state index in [2.05, 4.69) is 16.1 Å². The quantitative estimate of drug-likeness (QED) is 0.515. The number of esters is 1. The number of carbonyl (C=O) groups is 1. The van der Waals surface area contributed by atoms with Crippen molar-refractivity contribution in [3.8, 4) is 0 Å². The zero-order chi connectivity index (χ0) is 13.4. The molecule has 0 fully saturated rings. The first-order valence-corrected chi connectivity index (χ1v) is 6.14. The fourth-order valence-electron chi connectivity index (χ4n) is 1.70. The molecule has 0 atom stereocenters. The zero-order valence-electron chi connectivity index (χ0n) is 11.1. The number of aromatic nitrogens is 2.